The largest absolute Gasteiger partial charge is 0.494 e. The van der Waals surface area contributed by atoms with Gasteiger partial charge in [0, 0.05) is 5.54 Å². The van der Waals surface area contributed by atoms with Gasteiger partial charge in [0.05, 0.1) is 6.61 Å². The molecule has 0 heterocycles. The van der Waals surface area contributed by atoms with Crippen LogP contribution >= 0.6 is 0 Å². The summed E-state index contributed by atoms with van der Waals surface area (Å²) in [5.41, 5.74) is 7.89. The van der Waals surface area contributed by atoms with Crippen molar-refractivity contribution in [2.45, 2.75) is 39.2 Å². The van der Waals surface area contributed by atoms with Crippen LogP contribution in [-0.4, -0.2) is 6.61 Å². The molecule has 2 nitrogen and oxygen atoms in total. The van der Waals surface area contributed by atoms with Crippen molar-refractivity contribution in [3.8, 4) is 5.75 Å². The van der Waals surface area contributed by atoms with Crippen molar-refractivity contribution < 1.29 is 4.74 Å². The molecule has 1 aromatic carbocycles. The first-order valence-electron chi connectivity index (χ1n) is 5.97. The molecule has 0 aromatic heterocycles. The minimum Gasteiger partial charge on any atom is -0.494 e. The van der Waals surface area contributed by atoms with E-state index < -0.39 is 0 Å². The molecule has 16 heavy (non-hydrogen) atoms. The van der Waals surface area contributed by atoms with Crippen LogP contribution in [0.4, 0.5) is 0 Å². The molecule has 1 fully saturated rings. The van der Waals surface area contributed by atoms with Gasteiger partial charge < -0.3 is 10.5 Å². The maximum Gasteiger partial charge on any atom is 0.119 e. The summed E-state index contributed by atoms with van der Waals surface area (Å²) in [6.45, 7) is 7.24. The Morgan fingerprint density at radius 2 is 1.75 bits per heavy atom. The van der Waals surface area contributed by atoms with Crippen LogP contribution < -0.4 is 10.5 Å². The van der Waals surface area contributed by atoms with Crippen LogP contribution in [0.2, 0.25) is 0 Å². The smallest absolute Gasteiger partial charge is 0.119 e. The first-order chi connectivity index (χ1) is 7.45. The molecule has 1 aliphatic rings. The number of hydrogen-bond acceptors (Lipinski definition) is 2. The lowest BCUT2D eigenvalue weighted by molar-refractivity contribution is 0.0618. The van der Waals surface area contributed by atoms with E-state index in [2.05, 4.69) is 26.0 Å². The zero-order valence-electron chi connectivity index (χ0n) is 10.4. The summed E-state index contributed by atoms with van der Waals surface area (Å²) >= 11 is 0. The Morgan fingerprint density at radius 1 is 1.19 bits per heavy atom. The van der Waals surface area contributed by atoms with Gasteiger partial charge in [-0.15, -0.1) is 0 Å². The molecule has 88 valence electrons. The molecule has 0 spiro atoms. The fraction of sp³-hybridized carbons (Fsp3) is 0.571. The standard InChI is InChI=1S/C14H21NO/c1-4-16-12-7-5-11(6-8-12)14(15)9-13(2,3)10-14/h5-8H,4,9-10,15H2,1-3H3. The second-order valence-corrected chi connectivity index (χ2v) is 5.63. The molecule has 0 atom stereocenters. The quantitative estimate of drug-likeness (QED) is 0.848. The molecule has 0 aliphatic heterocycles. The van der Waals surface area contributed by atoms with E-state index >= 15 is 0 Å². The third kappa shape index (κ3) is 2.07. The zero-order chi connectivity index (χ0) is 11.8. The van der Waals surface area contributed by atoms with E-state index in [0.717, 1.165) is 18.6 Å². The van der Waals surface area contributed by atoms with E-state index in [-0.39, 0.29) is 5.54 Å². The molecule has 1 aromatic rings. The number of ether oxygens (including phenoxy) is 1. The highest BCUT2D eigenvalue weighted by Gasteiger charge is 2.47. The topological polar surface area (TPSA) is 35.2 Å². The molecule has 1 aliphatic carbocycles. The van der Waals surface area contributed by atoms with Crippen molar-refractivity contribution in [1.29, 1.82) is 0 Å². The van der Waals surface area contributed by atoms with Gasteiger partial charge in [-0.2, -0.15) is 0 Å². The molecule has 2 heteroatoms. The van der Waals surface area contributed by atoms with Gasteiger partial charge in [-0.05, 0) is 42.9 Å². The van der Waals surface area contributed by atoms with Gasteiger partial charge >= 0.3 is 0 Å². The SMILES string of the molecule is CCOc1ccc(C2(N)CC(C)(C)C2)cc1. The third-order valence-electron chi connectivity index (χ3n) is 3.33. The molecule has 0 amide bonds. The van der Waals surface area contributed by atoms with Crippen LogP contribution in [0, 0.1) is 5.41 Å². The van der Waals surface area contributed by atoms with Crippen LogP contribution in [0.1, 0.15) is 39.2 Å². The van der Waals surface area contributed by atoms with E-state index in [1.54, 1.807) is 0 Å². The van der Waals surface area contributed by atoms with Crippen molar-refractivity contribution in [2.75, 3.05) is 6.61 Å². The Kier molecular flexibility index (Phi) is 2.70. The summed E-state index contributed by atoms with van der Waals surface area (Å²) in [5.74, 6) is 0.924. The Hall–Kier alpha value is -1.02. The molecular formula is C14H21NO. The van der Waals surface area contributed by atoms with Crippen LogP contribution in [0.25, 0.3) is 0 Å². The summed E-state index contributed by atoms with van der Waals surface area (Å²) in [5, 5.41) is 0. The van der Waals surface area contributed by atoms with Crippen LogP contribution in [0.15, 0.2) is 24.3 Å². The fourth-order valence-electron chi connectivity index (χ4n) is 2.91. The lowest BCUT2D eigenvalue weighted by Crippen LogP contribution is -2.53. The summed E-state index contributed by atoms with van der Waals surface area (Å²) in [7, 11) is 0. The minimum absolute atomic E-state index is 0.117. The van der Waals surface area contributed by atoms with Crippen molar-refractivity contribution in [1.82, 2.24) is 0 Å². The van der Waals surface area contributed by atoms with Gasteiger partial charge in [-0.25, -0.2) is 0 Å². The maximum atomic E-state index is 6.38. The average Bonchev–Trinajstić information content (AvgIpc) is 2.16. The maximum absolute atomic E-state index is 6.38. The average molecular weight is 219 g/mol. The van der Waals surface area contributed by atoms with E-state index in [0.29, 0.717) is 12.0 Å². The monoisotopic (exact) mass is 219 g/mol. The van der Waals surface area contributed by atoms with Gasteiger partial charge in [-0.1, -0.05) is 26.0 Å². The lowest BCUT2D eigenvalue weighted by Gasteiger charge is -2.51. The molecular weight excluding hydrogens is 198 g/mol. The Bertz CT molecular complexity index is 359. The highest BCUT2D eigenvalue weighted by Crippen LogP contribution is 2.51. The Labute approximate surface area is 97.8 Å². The first kappa shape index (κ1) is 11.5. The molecule has 0 saturated heterocycles. The second kappa shape index (κ2) is 3.77. The van der Waals surface area contributed by atoms with Gasteiger partial charge in [0.1, 0.15) is 5.75 Å². The molecule has 1 saturated carbocycles. The highest BCUT2D eigenvalue weighted by atomic mass is 16.5. The summed E-state index contributed by atoms with van der Waals surface area (Å²) in [6, 6.07) is 8.22. The predicted molar refractivity (Wildman–Crippen MR) is 66.5 cm³/mol. The molecule has 0 radical (unpaired) electrons. The second-order valence-electron chi connectivity index (χ2n) is 5.63. The molecule has 0 bridgehead atoms. The van der Waals surface area contributed by atoms with Gasteiger partial charge in [0.15, 0.2) is 0 Å². The van der Waals surface area contributed by atoms with E-state index in [1.165, 1.54) is 5.56 Å². The van der Waals surface area contributed by atoms with Crippen LogP contribution in [0.3, 0.4) is 0 Å². The molecule has 2 N–H and O–H groups in total. The van der Waals surface area contributed by atoms with Crippen LogP contribution in [0.5, 0.6) is 5.75 Å². The van der Waals surface area contributed by atoms with E-state index in [9.17, 15) is 0 Å². The number of nitrogens with two attached hydrogens (primary N) is 1. The third-order valence-corrected chi connectivity index (χ3v) is 3.33. The number of benzene rings is 1. The minimum atomic E-state index is -0.117. The van der Waals surface area contributed by atoms with Crippen molar-refractivity contribution >= 4 is 0 Å². The molecule has 0 unspecified atom stereocenters. The first-order valence-corrected chi connectivity index (χ1v) is 5.97. The summed E-state index contributed by atoms with van der Waals surface area (Å²) in [6.07, 6.45) is 2.13. The zero-order valence-corrected chi connectivity index (χ0v) is 10.4. The lowest BCUT2D eigenvalue weighted by atomic mass is 9.57. The van der Waals surface area contributed by atoms with Gasteiger partial charge in [0.2, 0.25) is 0 Å². The fourth-order valence-corrected chi connectivity index (χ4v) is 2.91. The highest BCUT2D eigenvalue weighted by molar-refractivity contribution is 5.34. The van der Waals surface area contributed by atoms with Crippen LogP contribution in [-0.2, 0) is 5.54 Å². The van der Waals surface area contributed by atoms with Gasteiger partial charge in [0.25, 0.3) is 0 Å². The van der Waals surface area contributed by atoms with E-state index in [4.69, 9.17) is 10.5 Å². The number of hydrogen-bond donors (Lipinski definition) is 1. The van der Waals surface area contributed by atoms with Gasteiger partial charge in [-0.3, -0.25) is 0 Å². The van der Waals surface area contributed by atoms with Crippen molar-refractivity contribution in [3.63, 3.8) is 0 Å². The predicted octanol–water partition coefficient (Wildman–Crippen LogP) is 3.06. The summed E-state index contributed by atoms with van der Waals surface area (Å²) in [4.78, 5) is 0. The van der Waals surface area contributed by atoms with Crippen molar-refractivity contribution in [2.24, 2.45) is 11.1 Å². The molecule has 2 rings (SSSR count). The van der Waals surface area contributed by atoms with Crippen molar-refractivity contribution in [3.05, 3.63) is 29.8 Å². The Balaban J connectivity index is 2.11. The number of rotatable bonds is 3. The normalized spacial score (nSPS) is 21.2. The summed E-state index contributed by atoms with van der Waals surface area (Å²) < 4.78 is 5.43. The van der Waals surface area contributed by atoms with E-state index in [1.807, 2.05) is 19.1 Å². The Morgan fingerprint density at radius 3 is 2.19 bits per heavy atom.